The maximum absolute atomic E-state index is 12.7. The third-order valence-corrected chi connectivity index (χ3v) is 2.64. The number of aliphatic hydroxyl groups is 1. The van der Waals surface area contributed by atoms with Crippen molar-refractivity contribution in [1.82, 2.24) is 0 Å². The zero-order valence-electron chi connectivity index (χ0n) is 11.5. The average Bonchev–Trinajstić information content (AvgIpc) is 2.23. The first-order valence-corrected chi connectivity index (χ1v) is 5.93. The third kappa shape index (κ3) is 3.61. The quantitative estimate of drug-likeness (QED) is 0.801. The van der Waals surface area contributed by atoms with E-state index < -0.39 is 29.1 Å². The average molecular weight is 315 g/mol. The number of hydrogen-bond donors (Lipinski definition) is 2. The van der Waals surface area contributed by atoms with Crippen LogP contribution >= 0.6 is 0 Å². The van der Waals surface area contributed by atoms with Crippen molar-refractivity contribution in [2.45, 2.75) is 44.3 Å². The molecule has 0 saturated carbocycles. The van der Waals surface area contributed by atoms with Crippen LogP contribution in [0.5, 0.6) is 0 Å². The SMILES string of the molecule is CC(C)(C)Nc1ccc(C(O)(C(F)(F)F)C(F)(F)F)cc1. The molecule has 1 rings (SSSR count). The Bertz CT molecular complexity index is 469. The van der Waals surface area contributed by atoms with Gasteiger partial charge in [-0.1, -0.05) is 12.1 Å². The maximum atomic E-state index is 12.7. The van der Waals surface area contributed by atoms with Crippen molar-refractivity contribution >= 4 is 5.69 Å². The van der Waals surface area contributed by atoms with Crippen LogP contribution in [0, 0.1) is 0 Å². The summed E-state index contributed by atoms with van der Waals surface area (Å²) in [6.45, 7) is 5.34. The van der Waals surface area contributed by atoms with E-state index in [0.717, 1.165) is 12.1 Å². The largest absolute Gasteiger partial charge is 0.430 e. The van der Waals surface area contributed by atoms with Crippen LogP contribution in [0.2, 0.25) is 0 Å². The van der Waals surface area contributed by atoms with Crippen molar-refractivity contribution in [3.8, 4) is 0 Å². The summed E-state index contributed by atoms with van der Waals surface area (Å²) >= 11 is 0. The third-order valence-electron chi connectivity index (χ3n) is 2.64. The Morgan fingerprint density at radius 3 is 1.48 bits per heavy atom. The Balaban J connectivity index is 3.24. The van der Waals surface area contributed by atoms with E-state index in [0.29, 0.717) is 17.8 Å². The molecule has 0 spiro atoms. The Labute approximate surface area is 117 Å². The lowest BCUT2D eigenvalue weighted by Gasteiger charge is -2.33. The number of benzene rings is 1. The first-order valence-electron chi connectivity index (χ1n) is 5.93. The first-order chi connectivity index (χ1) is 9.18. The van der Waals surface area contributed by atoms with Crippen molar-refractivity contribution in [2.24, 2.45) is 0 Å². The highest BCUT2D eigenvalue weighted by Gasteiger charge is 2.71. The molecule has 0 bridgehead atoms. The van der Waals surface area contributed by atoms with Crippen molar-refractivity contribution in [1.29, 1.82) is 0 Å². The second kappa shape index (κ2) is 5.08. The van der Waals surface area contributed by atoms with Crippen LogP contribution in [0.4, 0.5) is 32.0 Å². The monoisotopic (exact) mass is 315 g/mol. The number of halogens is 6. The number of hydrogen-bond acceptors (Lipinski definition) is 2. The second-order valence-corrected chi connectivity index (χ2v) is 5.66. The van der Waals surface area contributed by atoms with Gasteiger partial charge in [-0.25, -0.2) is 0 Å². The normalized spacial score (nSPS) is 14.2. The highest BCUT2D eigenvalue weighted by atomic mass is 19.4. The van der Waals surface area contributed by atoms with Gasteiger partial charge in [-0.3, -0.25) is 0 Å². The summed E-state index contributed by atoms with van der Waals surface area (Å²) in [7, 11) is 0. The fourth-order valence-electron chi connectivity index (χ4n) is 1.72. The zero-order chi connectivity index (χ0) is 16.7. The molecule has 0 aromatic heterocycles. The van der Waals surface area contributed by atoms with Crippen molar-refractivity contribution in [3.05, 3.63) is 29.8 Å². The molecular weight excluding hydrogens is 300 g/mol. The van der Waals surface area contributed by atoms with E-state index in [2.05, 4.69) is 5.32 Å². The molecule has 0 amide bonds. The molecule has 0 saturated heterocycles. The topological polar surface area (TPSA) is 32.3 Å². The van der Waals surface area contributed by atoms with Gasteiger partial charge in [-0.05, 0) is 32.9 Å². The smallest absolute Gasteiger partial charge is 0.380 e. The fraction of sp³-hybridized carbons (Fsp3) is 0.538. The molecule has 0 aliphatic rings. The predicted molar refractivity (Wildman–Crippen MR) is 65.8 cm³/mol. The van der Waals surface area contributed by atoms with Crippen molar-refractivity contribution < 1.29 is 31.4 Å². The van der Waals surface area contributed by atoms with E-state index in [-0.39, 0.29) is 0 Å². The molecule has 0 fully saturated rings. The highest BCUT2D eigenvalue weighted by Crippen LogP contribution is 2.50. The fourth-order valence-corrected chi connectivity index (χ4v) is 1.72. The summed E-state index contributed by atoms with van der Waals surface area (Å²) in [5, 5.41) is 12.1. The van der Waals surface area contributed by atoms with Crippen LogP contribution in [0.25, 0.3) is 0 Å². The van der Waals surface area contributed by atoms with Gasteiger partial charge in [0.05, 0.1) is 0 Å². The zero-order valence-corrected chi connectivity index (χ0v) is 11.5. The lowest BCUT2D eigenvalue weighted by molar-refractivity contribution is -0.376. The van der Waals surface area contributed by atoms with Crippen LogP contribution < -0.4 is 5.32 Å². The van der Waals surface area contributed by atoms with Gasteiger partial charge in [0.15, 0.2) is 0 Å². The van der Waals surface area contributed by atoms with Gasteiger partial charge in [-0.2, -0.15) is 26.3 Å². The number of alkyl halides is 6. The molecule has 0 aliphatic heterocycles. The molecule has 120 valence electrons. The molecule has 21 heavy (non-hydrogen) atoms. The van der Waals surface area contributed by atoms with Gasteiger partial charge >= 0.3 is 12.4 Å². The Morgan fingerprint density at radius 1 is 0.810 bits per heavy atom. The van der Waals surface area contributed by atoms with E-state index >= 15 is 0 Å². The molecule has 8 heteroatoms. The summed E-state index contributed by atoms with van der Waals surface area (Å²) in [6.07, 6.45) is -11.7. The van der Waals surface area contributed by atoms with Crippen molar-refractivity contribution in [3.63, 3.8) is 0 Å². The van der Waals surface area contributed by atoms with Gasteiger partial charge in [0, 0.05) is 16.8 Å². The van der Waals surface area contributed by atoms with Crippen LogP contribution in [0.15, 0.2) is 24.3 Å². The molecular formula is C13H15F6NO. The van der Waals surface area contributed by atoms with E-state index in [1.54, 1.807) is 20.8 Å². The minimum atomic E-state index is -5.87. The molecule has 2 nitrogen and oxygen atoms in total. The Hall–Kier alpha value is -1.44. The molecule has 0 radical (unpaired) electrons. The number of nitrogens with one attached hydrogen (secondary N) is 1. The molecule has 0 heterocycles. The van der Waals surface area contributed by atoms with E-state index in [9.17, 15) is 31.4 Å². The Morgan fingerprint density at radius 2 is 1.19 bits per heavy atom. The molecule has 2 N–H and O–H groups in total. The van der Waals surface area contributed by atoms with Gasteiger partial charge in [-0.15, -0.1) is 0 Å². The number of anilines is 1. The van der Waals surface area contributed by atoms with E-state index in [1.807, 2.05) is 0 Å². The van der Waals surface area contributed by atoms with Crippen molar-refractivity contribution in [2.75, 3.05) is 5.32 Å². The minimum Gasteiger partial charge on any atom is -0.380 e. The summed E-state index contributed by atoms with van der Waals surface area (Å²) in [5.74, 6) is 0. The van der Waals surface area contributed by atoms with Crippen LogP contribution in [-0.4, -0.2) is 23.0 Å². The molecule has 0 atom stereocenters. The summed E-state index contributed by atoms with van der Waals surface area (Å²) in [4.78, 5) is 0. The van der Waals surface area contributed by atoms with Gasteiger partial charge in [0.25, 0.3) is 5.60 Å². The van der Waals surface area contributed by atoms with Crippen LogP contribution in [0.1, 0.15) is 26.3 Å². The van der Waals surface area contributed by atoms with Gasteiger partial charge < -0.3 is 10.4 Å². The van der Waals surface area contributed by atoms with Crippen LogP contribution in [0.3, 0.4) is 0 Å². The number of rotatable bonds is 2. The maximum Gasteiger partial charge on any atom is 0.430 e. The molecule has 0 aliphatic carbocycles. The van der Waals surface area contributed by atoms with Gasteiger partial charge in [0.1, 0.15) is 0 Å². The molecule has 1 aromatic rings. The molecule has 1 aromatic carbocycles. The predicted octanol–water partition coefficient (Wildman–Crippen LogP) is 4.21. The minimum absolute atomic E-state index is 0.345. The van der Waals surface area contributed by atoms with E-state index in [4.69, 9.17) is 0 Å². The highest BCUT2D eigenvalue weighted by molar-refractivity contribution is 5.47. The van der Waals surface area contributed by atoms with Gasteiger partial charge in [0.2, 0.25) is 0 Å². The van der Waals surface area contributed by atoms with E-state index in [1.165, 1.54) is 0 Å². The summed E-state index contributed by atoms with van der Waals surface area (Å²) in [5.41, 5.74) is -6.23. The summed E-state index contributed by atoms with van der Waals surface area (Å²) < 4.78 is 76.0. The molecule has 0 unspecified atom stereocenters. The first kappa shape index (κ1) is 17.6. The lowest BCUT2D eigenvalue weighted by Crippen LogP contribution is -2.53. The van der Waals surface area contributed by atoms with Crippen LogP contribution in [-0.2, 0) is 5.60 Å². The summed E-state index contributed by atoms with van der Waals surface area (Å²) in [6, 6.07) is 3.33. The lowest BCUT2D eigenvalue weighted by atomic mass is 9.92. The Kier molecular flexibility index (Phi) is 4.26. The second-order valence-electron chi connectivity index (χ2n) is 5.66. The standard InChI is InChI=1S/C13H15F6NO/c1-10(2,3)20-9-6-4-8(5-7-9)11(21,12(14,15)16)13(17,18)19/h4-7,20-21H,1-3H3.